The fraction of sp³-hybridized carbons (Fsp3) is 0.500. The van der Waals surface area contributed by atoms with Crippen molar-refractivity contribution in [3.63, 3.8) is 0 Å². The molecule has 0 atom stereocenters. The minimum absolute atomic E-state index is 0. The Morgan fingerprint density at radius 2 is 2.11 bits per heavy atom. The predicted molar refractivity (Wildman–Crippen MR) is 92.5 cm³/mol. The lowest BCUT2D eigenvalue weighted by Gasteiger charge is -2.31. The maximum Gasteiger partial charge on any atom is 0.193 e. The van der Waals surface area contributed by atoms with Gasteiger partial charge in [-0.05, 0) is 30.9 Å². The summed E-state index contributed by atoms with van der Waals surface area (Å²) in [5.74, 6) is 0.944. The van der Waals surface area contributed by atoms with Crippen LogP contribution in [0.3, 0.4) is 0 Å². The third-order valence-corrected chi connectivity index (χ3v) is 3.75. The zero-order valence-electron chi connectivity index (χ0n) is 11.4. The quantitative estimate of drug-likeness (QED) is 0.483. The van der Waals surface area contributed by atoms with Crippen molar-refractivity contribution in [2.45, 2.75) is 31.8 Å². The van der Waals surface area contributed by atoms with Gasteiger partial charge in [0.25, 0.3) is 0 Å². The van der Waals surface area contributed by atoms with Crippen LogP contribution in [0.15, 0.2) is 29.3 Å². The first-order valence-electron chi connectivity index (χ1n) is 6.38. The Hall–Kier alpha value is -0.490. The molecule has 1 aliphatic carbocycles. The van der Waals surface area contributed by atoms with Crippen LogP contribution in [0.25, 0.3) is 0 Å². The molecule has 0 spiro atoms. The van der Waals surface area contributed by atoms with Gasteiger partial charge in [-0.15, -0.1) is 24.0 Å². The van der Waals surface area contributed by atoms with Gasteiger partial charge in [0, 0.05) is 31.7 Å². The van der Waals surface area contributed by atoms with Crippen LogP contribution in [-0.2, 0) is 6.54 Å². The van der Waals surface area contributed by atoms with Gasteiger partial charge in [0.05, 0.1) is 0 Å². The zero-order chi connectivity index (χ0) is 13.0. The molecule has 2 rings (SSSR count). The Labute approximate surface area is 137 Å². The normalized spacial score (nSPS) is 15.4. The highest BCUT2D eigenvalue weighted by Crippen LogP contribution is 2.19. The Bertz CT molecular complexity index is 432. The first-order chi connectivity index (χ1) is 8.70. The molecule has 106 valence electrons. The van der Waals surface area contributed by atoms with Crippen LogP contribution in [0, 0.1) is 0 Å². The summed E-state index contributed by atoms with van der Waals surface area (Å²) in [6.45, 7) is 0.770. The van der Waals surface area contributed by atoms with Gasteiger partial charge < -0.3 is 10.2 Å². The van der Waals surface area contributed by atoms with Crippen LogP contribution < -0.4 is 5.32 Å². The first-order valence-corrected chi connectivity index (χ1v) is 6.76. The number of benzene rings is 1. The summed E-state index contributed by atoms with van der Waals surface area (Å²) in [4.78, 5) is 6.43. The van der Waals surface area contributed by atoms with Gasteiger partial charge >= 0.3 is 0 Å². The first kappa shape index (κ1) is 16.6. The predicted octanol–water partition coefficient (Wildman–Crippen LogP) is 3.52. The number of halogens is 2. The highest BCUT2D eigenvalue weighted by Gasteiger charge is 2.20. The van der Waals surface area contributed by atoms with Crippen molar-refractivity contribution in [1.29, 1.82) is 0 Å². The molecule has 1 saturated carbocycles. The van der Waals surface area contributed by atoms with Crippen molar-refractivity contribution < 1.29 is 0 Å². The van der Waals surface area contributed by atoms with E-state index in [1.54, 1.807) is 0 Å². The summed E-state index contributed by atoms with van der Waals surface area (Å²) >= 11 is 6.17. The standard InChI is InChI=1S/C14H20ClN3.HI/c1-16-14(17-12-7-5-8-12)18(2)10-11-6-3-4-9-13(11)15;/h3-4,6,9,12H,5,7-8,10H2,1-2H3,(H,16,17);1H. The topological polar surface area (TPSA) is 27.6 Å². The maximum absolute atomic E-state index is 6.17. The molecular formula is C14H21ClIN3. The van der Waals surface area contributed by atoms with Crippen molar-refractivity contribution in [3.05, 3.63) is 34.9 Å². The molecule has 1 N–H and O–H groups in total. The largest absolute Gasteiger partial charge is 0.354 e. The molecule has 1 aromatic carbocycles. The van der Waals surface area contributed by atoms with E-state index in [4.69, 9.17) is 11.6 Å². The SMILES string of the molecule is CN=C(NC1CCC1)N(C)Cc1ccccc1Cl.I. The highest BCUT2D eigenvalue weighted by molar-refractivity contribution is 14.0. The molecule has 5 heteroatoms. The summed E-state index contributed by atoms with van der Waals surface area (Å²) in [6, 6.07) is 8.53. The van der Waals surface area contributed by atoms with E-state index in [9.17, 15) is 0 Å². The molecule has 1 fully saturated rings. The van der Waals surface area contributed by atoms with Crippen molar-refractivity contribution in [2.24, 2.45) is 4.99 Å². The summed E-state index contributed by atoms with van der Waals surface area (Å²) in [6.07, 6.45) is 3.82. The number of hydrogen-bond acceptors (Lipinski definition) is 1. The number of nitrogens with one attached hydrogen (secondary N) is 1. The van der Waals surface area contributed by atoms with E-state index < -0.39 is 0 Å². The van der Waals surface area contributed by atoms with Gasteiger partial charge in [-0.3, -0.25) is 4.99 Å². The molecule has 0 aromatic heterocycles. The fourth-order valence-electron chi connectivity index (χ4n) is 2.04. The number of guanidine groups is 1. The lowest BCUT2D eigenvalue weighted by molar-refractivity contribution is 0.359. The van der Waals surface area contributed by atoms with Crippen LogP contribution in [-0.4, -0.2) is 31.0 Å². The van der Waals surface area contributed by atoms with Gasteiger partial charge in [0.1, 0.15) is 0 Å². The molecule has 0 unspecified atom stereocenters. The maximum atomic E-state index is 6.17. The molecule has 0 amide bonds. The summed E-state index contributed by atoms with van der Waals surface area (Å²) in [5.41, 5.74) is 1.12. The van der Waals surface area contributed by atoms with E-state index in [-0.39, 0.29) is 24.0 Å². The van der Waals surface area contributed by atoms with E-state index >= 15 is 0 Å². The Morgan fingerprint density at radius 1 is 1.42 bits per heavy atom. The molecule has 19 heavy (non-hydrogen) atoms. The van der Waals surface area contributed by atoms with Crippen molar-refractivity contribution in [2.75, 3.05) is 14.1 Å². The third kappa shape index (κ3) is 4.53. The smallest absolute Gasteiger partial charge is 0.193 e. The summed E-state index contributed by atoms with van der Waals surface area (Å²) in [5, 5.41) is 4.28. The number of hydrogen-bond donors (Lipinski definition) is 1. The van der Waals surface area contributed by atoms with Crippen LogP contribution in [0.2, 0.25) is 5.02 Å². The van der Waals surface area contributed by atoms with Crippen LogP contribution in [0.5, 0.6) is 0 Å². The highest BCUT2D eigenvalue weighted by atomic mass is 127. The Balaban J connectivity index is 0.00000180. The van der Waals surface area contributed by atoms with Crippen LogP contribution in [0.1, 0.15) is 24.8 Å². The third-order valence-electron chi connectivity index (χ3n) is 3.38. The van der Waals surface area contributed by atoms with E-state index in [2.05, 4.69) is 21.3 Å². The van der Waals surface area contributed by atoms with E-state index in [0.717, 1.165) is 23.1 Å². The molecule has 1 aromatic rings. The molecule has 0 bridgehead atoms. The average molecular weight is 394 g/mol. The number of aliphatic imine (C=N–C) groups is 1. The molecule has 3 nitrogen and oxygen atoms in total. The van der Waals surface area contributed by atoms with Crippen molar-refractivity contribution >= 4 is 41.5 Å². The second-order valence-corrected chi connectivity index (χ2v) is 5.17. The van der Waals surface area contributed by atoms with Gasteiger partial charge in [0.15, 0.2) is 5.96 Å². The molecule has 1 aliphatic rings. The zero-order valence-corrected chi connectivity index (χ0v) is 14.5. The van der Waals surface area contributed by atoms with Crippen LogP contribution in [0.4, 0.5) is 0 Å². The van der Waals surface area contributed by atoms with Crippen molar-refractivity contribution in [3.8, 4) is 0 Å². The second-order valence-electron chi connectivity index (χ2n) is 4.77. The molecular weight excluding hydrogens is 373 g/mol. The van der Waals surface area contributed by atoms with E-state index in [0.29, 0.717) is 6.04 Å². The number of nitrogens with zero attached hydrogens (tertiary/aromatic N) is 2. The molecule has 0 saturated heterocycles. The fourth-order valence-corrected chi connectivity index (χ4v) is 2.23. The van der Waals surface area contributed by atoms with Gasteiger partial charge in [-0.1, -0.05) is 29.8 Å². The molecule has 0 heterocycles. The number of rotatable bonds is 3. The van der Waals surface area contributed by atoms with Gasteiger partial charge in [0.2, 0.25) is 0 Å². The summed E-state index contributed by atoms with van der Waals surface area (Å²) < 4.78 is 0. The monoisotopic (exact) mass is 393 g/mol. The van der Waals surface area contributed by atoms with Gasteiger partial charge in [-0.25, -0.2) is 0 Å². The van der Waals surface area contributed by atoms with Crippen molar-refractivity contribution in [1.82, 2.24) is 10.2 Å². The minimum atomic E-state index is 0. The average Bonchev–Trinajstić information content (AvgIpc) is 2.31. The lowest BCUT2D eigenvalue weighted by atomic mass is 9.93. The molecule has 0 aliphatic heterocycles. The minimum Gasteiger partial charge on any atom is -0.354 e. The Morgan fingerprint density at radius 3 is 2.63 bits per heavy atom. The second kappa shape index (κ2) is 7.94. The molecule has 0 radical (unpaired) electrons. The Kier molecular flexibility index (Phi) is 6.93. The lowest BCUT2D eigenvalue weighted by Crippen LogP contribution is -2.46. The van der Waals surface area contributed by atoms with Crippen LogP contribution >= 0.6 is 35.6 Å². The van der Waals surface area contributed by atoms with Gasteiger partial charge in [-0.2, -0.15) is 0 Å². The van der Waals surface area contributed by atoms with E-state index in [1.807, 2.05) is 32.3 Å². The van der Waals surface area contributed by atoms with E-state index in [1.165, 1.54) is 19.3 Å². The summed E-state index contributed by atoms with van der Waals surface area (Å²) in [7, 11) is 3.86.